The SMILES string of the molecule is O=C(Nc1ccc(Oc2ncc([N+](=O)[O-])cn2)cc1)c1ccco1. The lowest BCUT2D eigenvalue weighted by molar-refractivity contribution is -0.385. The molecule has 1 N–H and O–H groups in total. The second-order valence-electron chi connectivity index (χ2n) is 4.54. The van der Waals surface area contributed by atoms with Crippen LogP contribution < -0.4 is 10.1 Å². The molecule has 0 radical (unpaired) electrons. The third kappa shape index (κ3) is 3.53. The van der Waals surface area contributed by atoms with E-state index in [1.165, 1.54) is 6.26 Å². The first-order valence-electron chi connectivity index (χ1n) is 6.71. The second-order valence-corrected chi connectivity index (χ2v) is 4.54. The Morgan fingerprint density at radius 3 is 2.46 bits per heavy atom. The fourth-order valence-corrected chi connectivity index (χ4v) is 1.77. The summed E-state index contributed by atoms with van der Waals surface area (Å²) < 4.78 is 10.4. The number of hydrogen-bond donors (Lipinski definition) is 1. The molecule has 0 aliphatic heterocycles. The molecule has 0 saturated carbocycles. The number of anilines is 1. The molecule has 3 rings (SSSR count). The maximum absolute atomic E-state index is 11.8. The van der Waals surface area contributed by atoms with Crippen molar-refractivity contribution in [3.8, 4) is 11.8 Å². The van der Waals surface area contributed by atoms with Gasteiger partial charge in [-0.05, 0) is 36.4 Å². The second kappa shape index (κ2) is 6.57. The highest BCUT2D eigenvalue weighted by molar-refractivity contribution is 6.02. The summed E-state index contributed by atoms with van der Waals surface area (Å²) in [4.78, 5) is 29.2. The van der Waals surface area contributed by atoms with Crippen molar-refractivity contribution in [3.05, 3.63) is 70.9 Å². The van der Waals surface area contributed by atoms with Crippen LogP contribution in [0.1, 0.15) is 10.6 Å². The molecular weight excluding hydrogens is 316 g/mol. The fraction of sp³-hybridized carbons (Fsp3) is 0. The Balaban J connectivity index is 1.64. The average Bonchev–Trinajstić information content (AvgIpc) is 3.12. The van der Waals surface area contributed by atoms with E-state index in [2.05, 4.69) is 15.3 Å². The molecule has 3 aromatic rings. The van der Waals surface area contributed by atoms with Gasteiger partial charge in [-0.3, -0.25) is 14.9 Å². The summed E-state index contributed by atoms with van der Waals surface area (Å²) in [5.74, 6) is 0.252. The van der Waals surface area contributed by atoms with E-state index in [0.29, 0.717) is 11.4 Å². The van der Waals surface area contributed by atoms with Crippen LogP contribution in [0.25, 0.3) is 0 Å². The van der Waals surface area contributed by atoms with Gasteiger partial charge in [-0.25, -0.2) is 0 Å². The van der Waals surface area contributed by atoms with Crippen LogP contribution in [0.4, 0.5) is 11.4 Å². The summed E-state index contributed by atoms with van der Waals surface area (Å²) in [6.07, 6.45) is 3.52. The van der Waals surface area contributed by atoms with E-state index < -0.39 is 4.92 Å². The van der Waals surface area contributed by atoms with Crippen LogP contribution in [0.3, 0.4) is 0 Å². The third-order valence-corrected chi connectivity index (χ3v) is 2.89. The van der Waals surface area contributed by atoms with Crippen molar-refractivity contribution in [2.24, 2.45) is 0 Å². The van der Waals surface area contributed by atoms with Gasteiger partial charge in [0.25, 0.3) is 5.91 Å². The number of nitro groups is 1. The maximum Gasteiger partial charge on any atom is 0.322 e. The summed E-state index contributed by atoms with van der Waals surface area (Å²) in [7, 11) is 0. The molecule has 1 aromatic carbocycles. The minimum atomic E-state index is -0.597. The highest BCUT2D eigenvalue weighted by atomic mass is 16.6. The molecule has 1 amide bonds. The monoisotopic (exact) mass is 326 g/mol. The van der Waals surface area contributed by atoms with Crippen molar-refractivity contribution in [1.82, 2.24) is 9.97 Å². The van der Waals surface area contributed by atoms with Gasteiger partial charge in [0.2, 0.25) is 0 Å². The number of ether oxygens (including phenoxy) is 1. The zero-order valence-electron chi connectivity index (χ0n) is 12.1. The van der Waals surface area contributed by atoms with Gasteiger partial charge >= 0.3 is 11.7 Å². The lowest BCUT2D eigenvalue weighted by Gasteiger charge is -2.06. The van der Waals surface area contributed by atoms with Crippen LogP contribution in [0.15, 0.2) is 59.5 Å². The van der Waals surface area contributed by atoms with Crippen molar-refractivity contribution >= 4 is 17.3 Å². The van der Waals surface area contributed by atoms with E-state index in [4.69, 9.17) is 9.15 Å². The number of aromatic nitrogens is 2. The van der Waals surface area contributed by atoms with Gasteiger partial charge in [0, 0.05) is 5.69 Å². The van der Waals surface area contributed by atoms with Crippen LogP contribution in [-0.4, -0.2) is 20.8 Å². The first kappa shape index (κ1) is 15.2. The van der Waals surface area contributed by atoms with E-state index in [9.17, 15) is 14.9 Å². The normalized spacial score (nSPS) is 10.2. The standard InChI is InChI=1S/C15H10N4O5/c20-14(13-2-1-7-23-13)18-10-3-5-12(6-4-10)24-15-16-8-11(9-17-15)19(21)22/h1-9H,(H,18,20). The van der Waals surface area contributed by atoms with Crippen LogP contribution in [0.5, 0.6) is 11.8 Å². The molecule has 0 saturated heterocycles. The first-order valence-corrected chi connectivity index (χ1v) is 6.71. The Morgan fingerprint density at radius 1 is 1.17 bits per heavy atom. The number of rotatable bonds is 5. The maximum atomic E-state index is 11.8. The minimum Gasteiger partial charge on any atom is -0.459 e. The molecule has 120 valence electrons. The molecule has 2 heterocycles. The number of amides is 1. The van der Waals surface area contributed by atoms with Gasteiger partial charge < -0.3 is 14.5 Å². The molecule has 0 fully saturated rings. The number of nitrogens with one attached hydrogen (secondary N) is 1. The van der Waals surface area contributed by atoms with Crippen LogP contribution in [0, 0.1) is 10.1 Å². The molecule has 9 heteroatoms. The first-order chi connectivity index (χ1) is 11.6. The van der Waals surface area contributed by atoms with E-state index in [0.717, 1.165) is 12.4 Å². The van der Waals surface area contributed by atoms with Crippen LogP contribution in [0.2, 0.25) is 0 Å². The summed E-state index contributed by atoms with van der Waals surface area (Å²) in [5.41, 5.74) is 0.326. The Bertz CT molecular complexity index is 845. The quantitative estimate of drug-likeness (QED) is 0.565. The molecule has 0 spiro atoms. The molecule has 0 unspecified atom stereocenters. The molecule has 24 heavy (non-hydrogen) atoms. The van der Waals surface area contributed by atoms with Gasteiger partial charge in [-0.1, -0.05) is 0 Å². The zero-order valence-corrected chi connectivity index (χ0v) is 12.1. The fourth-order valence-electron chi connectivity index (χ4n) is 1.77. The van der Waals surface area contributed by atoms with E-state index in [-0.39, 0.29) is 23.4 Å². The number of carbonyl (C=O) groups excluding carboxylic acids is 1. The lowest BCUT2D eigenvalue weighted by atomic mass is 10.3. The Hall–Kier alpha value is -3.75. The van der Waals surface area contributed by atoms with E-state index >= 15 is 0 Å². The van der Waals surface area contributed by atoms with Crippen molar-refractivity contribution in [3.63, 3.8) is 0 Å². The number of nitrogens with zero attached hydrogens (tertiary/aromatic N) is 3. The highest BCUT2D eigenvalue weighted by Gasteiger charge is 2.10. The van der Waals surface area contributed by atoms with E-state index in [1.807, 2.05) is 0 Å². The molecule has 0 aliphatic carbocycles. The molecule has 9 nitrogen and oxygen atoms in total. The van der Waals surface area contributed by atoms with Crippen molar-refractivity contribution in [2.45, 2.75) is 0 Å². The summed E-state index contributed by atoms with van der Waals surface area (Å²) in [5, 5.41) is 13.2. The van der Waals surface area contributed by atoms with Gasteiger partial charge in [-0.2, -0.15) is 9.97 Å². The van der Waals surface area contributed by atoms with Crippen molar-refractivity contribution in [2.75, 3.05) is 5.32 Å². The van der Waals surface area contributed by atoms with Crippen LogP contribution in [-0.2, 0) is 0 Å². The summed E-state index contributed by atoms with van der Waals surface area (Å²) in [6, 6.07) is 9.61. The number of benzene rings is 1. The predicted molar refractivity (Wildman–Crippen MR) is 81.9 cm³/mol. The molecular formula is C15H10N4O5. The van der Waals surface area contributed by atoms with Crippen molar-refractivity contribution < 1.29 is 18.9 Å². The lowest BCUT2D eigenvalue weighted by Crippen LogP contribution is -2.10. The highest BCUT2D eigenvalue weighted by Crippen LogP contribution is 2.21. The Kier molecular flexibility index (Phi) is 4.15. The van der Waals surface area contributed by atoms with Crippen LogP contribution >= 0.6 is 0 Å². The summed E-state index contributed by atoms with van der Waals surface area (Å²) >= 11 is 0. The van der Waals surface area contributed by atoms with E-state index in [1.54, 1.807) is 36.4 Å². The number of furan rings is 1. The smallest absolute Gasteiger partial charge is 0.322 e. The number of carbonyl (C=O) groups is 1. The predicted octanol–water partition coefficient (Wildman–Crippen LogP) is 3.02. The zero-order chi connectivity index (χ0) is 16.9. The topological polar surface area (TPSA) is 120 Å². The van der Waals surface area contributed by atoms with Gasteiger partial charge in [0.05, 0.1) is 11.2 Å². The van der Waals surface area contributed by atoms with Crippen molar-refractivity contribution in [1.29, 1.82) is 0 Å². The third-order valence-electron chi connectivity index (χ3n) is 2.89. The largest absolute Gasteiger partial charge is 0.459 e. The van der Waals surface area contributed by atoms with Gasteiger partial charge in [-0.15, -0.1) is 0 Å². The average molecular weight is 326 g/mol. The Morgan fingerprint density at radius 2 is 1.88 bits per heavy atom. The number of hydrogen-bond acceptors (Lipinski definition) is 7. The molecule has 0 bridgehead atoms. The van der Waals surface area contributed by atoms with Gasteiger partial charge in [0.1, 0.15) is 18.1 Å². The minimum absolute atomic E-state index is 0.0204. The molecule has 0 aliphatic rings. The molecule has 0 atom stereocenters. The Labute approximate surface area is 135 Å². The summed E-state index contributed by atoms with van der Waals surface area (Å²) in [6.45, 7) is 0. The molecule has 2 aromatic heterocycles. The van der Waals surface area contributed by atoms with Gasteiger partial charge in [0.15, 0.2) is 5.76 Å².